The van der Waals surface area contributed by atoms with E-state index in [0.717, 1.165) is 59.1 Å². The largest absolute Gasteiger partial charge is 0.512 e. The van der Waals surface area contributed by atoms with E-state index in [4.69, 9.17) is 9.40 Å². The van der Waals surface area contributed by atoms with Gasteiger partial charge in [0.25, 0.3) is 0 Å². The summed E-state index contributed by atoms with van der Waals surface area (Å²) in [7, 11) is 0. The summed E-state index contributed by atoms with van der Waals surface area (Å²) in [6, 6.07) is 27.0. The Hall–Kier alpha value is -3.57. The topological polar surface area (TPSA) is 63.3 Å². The van der Waals surface area contributed by atoms with Gasteiger partial charge in [0.1, 0.15) is 11.3 Å². The number of pyridine rings is 1. The average molecular weight is 851 g/mol. The Bertz CT molecular complexity index is 2070. The van der Waals surface area contributed by atoms with Gasteiger partial charge in [-0.2, -0.15) is 0 Å². The van der Waals surface area contributed by atoms with Gasteiger partial charge in [-0.05, 0) is 67.2 Å². The normalized spacial score (nSPS) is 12.1. The fraction of sp³-hybridized carbons (Fsp3) is 0.349. The van der Waals surface area contributed by atoms with Gasteiger partial charge in [0.2, 0.25) is 0 Å². The van der Waals surface area contributed by atoms with Crippen molar-refractivity contribution in [1.29, 1.82) is 0 Å². The Kier molecular flexibility index (Phi) is 12.8. The van der Waals surface area contributed by atoms with Crippen LogP contribution in [0.1, 0.15) is 85.3 Å². The van der Waals surface area contributed by atoms with Crippen LogP contribution in [0.15, 0.2) is 89.2 Å². The number of benzene rings is 3. The maximum Gasteiger partial charge on any atom is 0.162 e. The molecule has 6 rings (SSSR count). The number of allylic oxidation sites excluding steroid dienone is 2. The molecule has 0 bridgehead atoms. The van der Waals surface area contributed by atoms with Crippen LogP contribution < -0.4 is 0 Å². The van der Waals surface area contributed by atoms with E-state index >= 15 is 0 Å². The Morgan fingerprint density at radius 3 is 2.18 bits per heavy atom. The van der Waals surface area contributed by atoms with Gasteiger partial charge in [-0.15, -0.1) is 40.5 Å². The molecular formula is C43H48IrNO3S-. The van der Waals surface area contributed by atoms with Gasteiger partial charge in [0, 0.05) is 60.0 Å². The molecule has 1 radical (unpaired) electrons. The average Bonchev–Trinajstić information content (AvgIpc) is 3.66. The van der Waals surface area contributed by atoms with Crippen molar-refractivity contribution >= 4 is 48.9 Å². The summed E-state index contributed by atoms with van der Waals surface area (Å²) >= 11 is 1.78. The third-order valence-electron chi connectivity index (χ3n) is 9.42. The Morgan fingerprint density at radius 2 is 1.55 bits per heavy atom. The summed E-state index contributed by atoms with van der Waals surface area (Å²) in [5.74, 6) is 1.45. The molecule has 3 heterocycles. The van der Waals surface area contributed by atoms with E-state index in [1.807, 2.05) is 40.0 Å². The number of aromatic nitrogens is 1. The molecule has 4 nitrogen and oxygen atoms in total. The molecule has 3 aromatic heterocycles. The maximum absolute atomic E-state index is 11.7. The van der Waals surface area contributed by atoms with Crippen LogP contribution in [0.2, 0.25) is 0 Å². The van der Waals surface area contributed by atoms with Gasteiger partial charge in [-0.1, -0.05) is 95.8 Å². The minimum atomic E-state index is -0.000137. The van der Waals surface area contributed by atoms with E-state index in [2.05, 4.69) is 94.4 Å². The molecule has 6 heteroatoms. The van der Waals surface area contributed by atoms with Crippen molar-refractivity contribution in [2.45, 2.75) is 86.5 Å². The molecule has 1 N–H and O–H groups in total. The molecule has 0 amide bonds. The van der Waals surface area contributed by atoms with Crippen molar-refractivity contribution in [3.63, 3.8) is 0 Å². The van der Waals surface area contributed by atoms with Gasteiger partial charge in [-0.25, -0.2) is 0 Å². The minimum Gasteiger partial charge on any atom is -0.512 e. The predicted octanol–water partition coefficient (Wildman–Crippen LogP) is 12.8. The quantitative estimate of drug-likeness (QED) is 0.0894. The predicted molar refractivity (Wildman–Crippen MR) is 204 cm³/mol. The number of hydrogen-bond donors (Lipinski definition) is 1. The fourth-order valence-electron chi connectivity index (χ4n) is 6.44. The van der Waals surface area contributed by atoms with Gasteiger partial charge in [-0.3, -0.25) is 9.78 Å². The Labute approximate surface area is 309 Å². The summed E-state index contributed by atoms with van der Waals surface area (Å²) in [5, 5.41) is 14.4. The molecule has 0 saturated heterocycles. The minimum absolute atomic E-state index is 0. The van der Waals surface area contributed by atoms with E-state index < -0.39 is 0 Å². The number of aliphatic hydroxyl groups is 1. The van der Waals surface area contributed by atoms with Gasteiger partial charge in [0.15, 0.2) is 5.78 Å². The fourth-order valence-corrected chi connectivity index (χ4v) is 7.60. The summed E-state index contributed by atoms with van der Waals surface area (Å²) in [5.41, 5.74) is 5.18. The monoisotopic (exact) mass is 851 g/mol. The van der Waals surface area contributed by atoms with Crippen molar-refractivity contribution in [3.05, 3.63) is 102 Å². The molecule has 3 aromatic carbocycles. The molecule has 0 spiro atoms. The maximum atomic E-state index is 11.7. The number of carbonyl (C=O) groups excluding carboxylic acids is 1. The zero-order valence-corrected chi connectivity index (χ0v) is 33.2. The number of hydrogen-bond acceptors (Lipinski definition) is 5. The van der Waals surface area contributed by atoms with Crippen molar-refractivity contribution in [1.82, 2.24) is 4.98 Å². The van der Waals surface area contributed by atoms with Crippen LogP contribution in [-0.2, 0) is 30.3 Å². The second kappa shape index (κ2) is 16.4. The molecule has 0 aliphatic carbocycles. The van der Waals surface area contributed by atoms with Crippen molar-refractivity contribution in [2.24, 2.45) is 11.8 Å². The zero-order valence-electron chi connectivity index (χ0n) is 29.9. The van der Waals surface area contributed by atoms with Crippen LogP contribution in [-0.4, -0.2) is 15.9 Å². The van der Waals surface area contributed by atoms with E-state index in [1.165, 1.54) is 37.6 Å². The van der Waals surface area contributed by atoms with Crippen LogP contribution >= 0.6 is 11.3 Å². The van der Waals surface area contributed by atoms with Gasteiger partial charge >= 0.3 is 0 Å². The summed E-state index contributed by atoms with van der Waals surface area (Å²) < 4.78 is 7.79. The Balaban J connectivity index is 0.000000290. The van der Waals surface area contributed by atoms with Crippen LogP contribution in [0.25, 0.3) is 53.7 Å². The number of fused-ring (bicyclic) bond motifs is 3. The number of thiophene rings is 1. The van der Waals surface area contributed by atoms with Crippen molar-refractivity contribution in [2.75, 3.05) is 0 Å². The molecule has 0 fully saturated rings. The van der Waals surface area contributed by atoms with Gasteiger partial charge < -0.3 is 9.52 Å². The first-order valence-electron chi connectivity index (χ1n) is 17.3. The number of carbonyl (C=O) groups is 1. The Morgan fingerprint density at radius 1 is 0.918 bits per heavy atom. The smallest absolute Gasteiger partial charge is 0.162 e. The molecular weight excluding hydrogens is 803 g/mol. The SMILES string of the molecule is CCC(CC)C(=O)/C=C(\O)C(CC)CC.Cc1c(-c2cc3ccnc(-c4[c-]c5ccccc5c(C(C)(C)C)c4)c3o2)sc2ccccc12.[Ir]. The van der Waals surface area contributed by atoms with E-state index in [-0.39, 0.29) is 48.9 Å². The molecule has 0 unspecified atom stereocenters. The number of aliphatic hydroxyl groups excluding tert-OH is 1. The number of aryl methyl sites for hydroxylation is 1. The first-order valence-corrected chi connectivity index (χ1v) is 18.1. The number of furan rings is 1. The molecule has 0 atom stereocenters. The van der Waals surface area contributed by atoms with E-state index in [9.17, 15) is 9.90 Å². The number of rotatable bonds is 9. The molecule has 259 valence electrons. The first kappa shape index (κ1) is 38.2. The molecule has 0 aliphatic heterocycles. The van der Waals surface area contributed by atoms with E-state index in [1.54, 1.807) is 11.3 Å². The van der Waals surface area contributed by atoms with Crippen LogP contribution in [0, 0.1) is 24.8 Å². The van der Waals surface area contributed by atoms with Crippen molar-refractivity contribution < 1.29 is 34.4 Å². The molecule has 0 aliphatic rings. The second-order valence-electron chi connectivity index (χ2n) is 13.6. The standard InChI is InChI=1S/C30H24NOS.C13H24O2.Ir/c1-18-22-10-7-8-12-26(22)33-29(18)25-17-20-13-14-31-27(28(20)32-25)21-15-19-9-5-6-11-23(19)24(16-21)30(2,3)4;1-5-10(6-2)12(14)9-13(15)11(7-3)8-4;/h5-14,16-17H,1-4H3;9-11,14H,5-8H2,1-4H3;/q-1;;/b;12-9-;. The summed E-state index contributed by atoms with van der Waals surface area (Å²) in [6.45, 7) is 17.0. The third kappa shape index (κ3) is 8.26. The van der Waals surface area contributed by atoms with Gasteiger partial charge in [0.05, 0.1) is 10.6 Å². The number of nitrogens with zero attached hydrogens (tertiary/aromatic N) is 1. The second-order valence-corrected chi connectivity index (χ2v) is 14.7. The van der Waals surface area contributed by atoms with E-state index in [0.29, 0.717) is 0 Å². The zero-order chi connectivity index (χ0) is 34.6. The molecule has 49 heavy (non-hydrogen) atoms. The van der Waals surface area contributed by atoms with Crippen LogP contribution in [0.3, 0.4) is 0 Å². The number of ketones is 1. The summed E-state index contributed by atoms with van der Waals surface area (Å²) in [6.07, 6.45) is 6.78. The summed E-state index contributed by atoms with van der Waals surface area (Å²) in [4.78, 5) is 17.7. The van der Waals surface area contributed by atoms with Crippen LogP contribution in [0.4, 0.5) is 0 Å². The first-order chi connectivity index (χ1) is 23.0. The third-order valence-corrected chi connectivity index (χ3v) is 10.7. The van der Waals surface area contributed by atoms with Crippen LogP contribution in [0.5, 0.6) is 0 Å². The van der Waals surface area contributed by atoms with Crippen molar-refractivity contribution in [3.8, 4) is 21.9 Å². The molecule has 0 saturated carbocycles. The molecule has 6 aromatic rings.